The van der Waals surface area contributed by atoms with Gasteiger partial charge in [-0.2, -0.15) is 5.10 Å². The topological polar surface area (TPSA) is 95.1 Å². The summed E-state index contributed by atoms with van der Waals surface area (Å²) in [6, 6.07) is 6.15. The van der Waals surface area contributed by atoms with Crippen molar-refractivity contribution >= 4 is 25.4 Å². The van der Waals surface area contributed by atoms with Gasteiger partial charge in [0, 0.05) is 35.6 Å². The maximum Gasteiger partial charge on any atom is 0.269 e. The van der Waals surface area contributed by atoms with Crippen molar-refractivity contribution < 1.29 is 13.3 Å². The number of hydrogen-bond donors (Lipinski definition) is 0. The quantitative estimate of drug-likeness (QED) is 0.477. The molecule has 0 saturated carbocycles. The molecule has 1 aromatic carbocycles. The van der Waals surface area contributed by atoms with E-state index in [4.69, 9.17) is 10.7 Å². The Morgan fingerprint density at radius 2 is 1.95 bits per heavy atom. The van der Waals surface area contributed by atoms with Crippen LogP contribution in [0.3, 0.4) is 0 Å². The van der Waals surface area contributed by atoms with Crippen LogP contribution in [0.2, 0.25) is 0 Å². The lowest BCUT2D eigenvalue weighted by Gasteiger charge is -2.01. The summed E-state index contributed by atoms with van der Waals surface area (Å²) in [7, 11) is 1.43. The molecule has 0 radical (unpaired) electrons. The van der Waals surface area contributed by atoms with E-state index in [1.165, 1.54) is 29.2 Å². The second kappa shape index (κ2) is 5.59. The van der Waals surface area contributed by atoms with Gasteiger partial charge in [0.15, 0.2) is 0 Å². The highest BCUT2D eigenvalue weighted by Crippen LogP contribution is 2.15. The fourth-order valence-electron chi connectivity index (χ4n) is 1.62. The highest BCUT2D eigenvalue weighted by molar-refractivity contribution is 8.13. The number of nitrogens with zero attached hydrogens (tertiary/aromatic N) is 3. The van der Waals surface area contributed by atoms with E-state index in [2.05, 4.69) is 5.10 Å². The molecule has 0 aliphatic carbocycles. The summed E-state index contributed by atoms with van der Waals surface area (Å²) in [6.45, 7) is 0.449. The van der Waals surface area contributed by atoms with Crippen molar-refractivity contribution in [3.8, 4) is 0 Å². The first-order chi connectivity index (χ1) is 9.36. The first-order valence-electron chi connectivity index (χ1n) is 5.57. The molecule has 0 bridgehead atoms. The number of rotatable bonds is 5. The molecule has 0 unspecified atom stereocenters. The smallest absolute Gasteiger partial charge is 0.269 e. The SMILES string of the molecule is O=[N+]([O-])c1ccc(CCn2cc(S(=O)(=O)Cl)cn2)cc1. The van der Waals surface area contributed by atoms with E-state index in [1.54, 1.807) is 12.1 Å². The van der Waals surface area contributed by atoms with Crippen LogP contribution in [0.1, 0.15) is 5.56 Å². The molecular weight excluding hydrogens is 306 g/mol. The third-order valence-electron chi connectivity index (χ3n) is 2.67. The molecule has 0 N–H and O–H groups in total. The Balaban J connectivity index is 2.02. The third kappa shape index (κ3) is 3.55. The number of nitro groups is 1. The summed E-state index contributed by atoms with van der Waals surface area (Å²) in [5.41, 5.74) is 0.921. The molecule has 1 aromatic heterocycles. The molecule has 9 heteroatoms. The van der Waals surface area contributed by atoms with Gasteiger partial charge in [-0.25, -0.2) is 8.42 Å². The van der Waals surface area contributed by atoms with Gasteiger partial charge in [-0.15, -0.1) is 0 Å². The van der Waals surface area contributed by atoms with Crippen molar-refractivity contribution in [3.05, 3.63) is 52.3 Å². The first-order valence-corrected chi connectivity index (χ1v) is 7.87. The van der Waals surface area contributed by atoms with E-state index >= 15 is 0 Å². The zero-order valence-electron chi connectivity index (χ0n) is 10.1. The zero-order valence-corrected chi connectivity index (χ0v) is 11.7. The van der Waals surface area contributed by atoms with Crippen molar-refractivity contribution in [2.24, 2.45) is 0 Å². The van der Waals surface area contributed by atoms with E-state index in [0.717, 1.165) is 5.56 Å². The average Bonchev–Trinajstić information content (AvgIpc) is 2.85. The second-order valence-corrected chi connectivity index (χ2v) is 6.62. The van der Waals surface area contributed by atoms with Crippen LogP contribution < -0.4 is 0 Å². The summed E-state index contributed by atoms with van der Waals surface area (Å²) < 4.78 is 23.6. The predicted octanol–water partition coefficient (Wildman–Crippen LogP) is 1.96. The average molecular weight is 316 g/mol. The fourth-order valence-corrected chi connectivity index (χ4v) is 2.28. The number of benzene rings is 1. The van der Waals surface area contributed by atoms with Crippen LogP contribution in [0.4, 0.5) is 5.69 Å². The lowest BCUT2D eigenvalue weighted by atomic mass is 10.1. The molecule has 0 amide bonds. The Kier molecular flexibility index (Phi) is 4.05. The second-order valence-electron chi connectivity index (χ2n) is 4.05. The molecule has 20 heavy (non-hydrogen) atoms. The van der Waals surface area contributed by atoms with Crippen LogP contribution in [0.15, 0.2) is 41.6 Å². The third-order valence-corrected chi connectivity index (χ3v) is 3.98. The Bertz CT molecular complexity index is 724. The molecule has 1 heterocycles. The summed E-state index contributed by atoms with van der Waals surface area (Å²) in [4.78, 5) is 9.99. The number of aromatic nitrogens is 2. The minimum absolute atomic E-state index is 0.0309. The largest absolute Gasteiger partial charge is 0.271 e. The molecule has 0 fully saturated rings. The monoisotopic (exact) mass is 315 g/mol. The summed E-state index contributed by atoms with van der Waals surface area (Å²) in [5, 5.41) is 14.4. The van der Waals surface area contributed by atoms with Crippen LogP contribution >= 0.6 is 10.7 Å². The van der Waals surface area contributed by atoms with Crippen molar-refractivity contribution in [3.63, 3.8) is 0 Å². The molecule has 0 saturated heterocycles. The van der Waals surface area contributed by atoms with Crippen LogP contribution in [0, 0.1) is 10.1 Å². The lowest BCUT2D eigenvalue weighted by molar-refractivity contribution is -0.384. The van der Waals surface area contributed by atoms with Crippen molar-refractivity contribution in [2.75, 3.05) is 0 Å². The summed E-state index contributed by atoms with van der Waals surface area (Å²) in [6.07, 6.45) is 3.09. The van der Waals surface area contributed by atoms with Gasteiger partial charge in [-0.05, 0) is 12.0 Å². The van der Waals surface area contributed by atoms with Crippen molar-refractivity contribution in [1.29, 1.82) is 0 Å². The van der Waals surface area contributed by atoms with E-state index in [0.29, 0.717) is 13.0 Å². The molecular formula is C11H10ClN3O4S. The first kappa shape index (κ1) is 14.5. The molecule has 0 aliphatic heterocycles. The highest BCUT2D eigenvalue weighted by atomic mass is 35.7. The number of aryl methyl sites for hydroxylation is 2. The molecule has 106 valence electrons. The van der Waals surface area contributed by atoms with E-state index in [-0.39, 0.29) is 10.6 Å². The summed E-state index contributed by atoms with van der Waals surface area (Å²) in [5.74, 6) is 0. The Hall–Kier alpha value is -1.93. The van der Waals surface area contributed by atoms with Crippen LogP contribution in [0.25, 0.3) is 0 Å². The predicted molar refractivity (Wildman–Crippen MR) is 72.1 cm³/mol. The van der Waals surface area contributed by atoms with E-state index in [1.807, 2.05) is 0 Å². The minimum Gasteiger partial charge on any atom is -0.271 e. The van der Waals surface area contributed by atoms with Gasteiger partial charge in [0.1, 0.15) is 4.90 Å². The van der Waals surface area contributed by atoms with Gasteiger partial charge in [-0.3, -0.25) is 14.8 Å². The molecule has 0 atom stereocenters. The Labute approximate surface area is 119 Å². The molecule has 2 aromatic rings. The lowest BCUT2D eigenvalue weighted by Crippen LogP contribution is -2.01. The highest BCUT2D eigenvalue weighted by Gasteiger charge is 2.12. The molecule has 0 spiro atoms. The van der Waals surface area contributed by atoms with E-state index < -0.39 is 14.0 Å². The fraction of sp³-hybridized carbons (Fsp3) is 0.182. The Morgan fingerprint density at radius 3 is 2.45 bits per heavy atom. The zero-order chi connectivity index (χ0) is 14.8. The van der Waals surface area contributed by atoms with Crippen LogP contribution in [-0.2, 0) is 22.0 Å². The van der Waals surface area contributed by atoms with E-state index in [9.17, 15) is 18.5 Å². The molecule has 2 rings (SSSR count). The standard InChI is InChI=1S/C11H10ClN3O4S/c12-20(18,19)11-7-13-14(8-11)6-5-9-1-3-10(4-2-9)15(16)17/h1-4,7-8H,5-6H2. The van der Waals surface area contributed by atoms with Gasteiger partial charge >= 0.3 is 0 Å². The van der Waals surface area contributed by atoms with Gasteiger partial charge in [0.25, 0.3) is 14.7 Å². The summed E-state index contributed by atoms with van der Waals surface area (Å²) >= 11 is 0. The minimum atomic E-state index is -3.77. The normalized spacial score (nSPS) is 11.4. The van der Waals surface area contributed by atoms with Gasteiger partial charge in [-0.1, -0.05) is 12.1 Å². The number of nitro benzene ring substituents is 1. The van der Waals surface area contributed by atoms with Gasteiger partial charge in [0.05, 0.1) is 11.1 Å². The Morgan fingerprint density at radius 1 is 1.30 bits per heavy atom. The maximum absolute atomic E-state index is 11.1. The van der Waals surface area contributed by atoms with Gasteiger partial charge < -0.3 is 0 Å². The number of hydrogen-bond acceptors (Lipinski definition) is 5. The number of halogens is 1. The van der Waals surface area contributed by atoms with Crippen LogP contribution in [-0.4, -0.2) is 23.1 Å². The van der Waals surface area contributed by atoms with Crippen molar-refractivity contribution in [1.82, 2.24) is 9.78 Å². The number of non-ortho nitro benzene ring substituents is 1. The molecule has 0 aliphatic rings. The van der Waals surface area contributed by atoms with Crippen molar-refractivity contribution in [2.45, 2.75) is 17.9 Å². The maximum atomic E-state index is 11.1. The molecule has 7 nitrogen and oxygen atoms in total. The van der Waals surface area contributed by atoms with Gasteiger partial charge in [0.2, 0.25) is 0 Å². The van der Waals surface area contributed by atoms with Crippen LogP contribution in [0.5, 0.6) is 0 Å².